The molecular weight excluding hydrogens is 283 g/mol. The van der Waals surface area contributed by atoms with E-state index < -0.39 is 0 Å². The molecule has 1 aromatic carbocycles. The fraction of sp³-hybridized carbons (Fsp3) is 0.455. The van der Waals surface area contributed by atoms with Crippen molar-refractivity contribution in [3.8, 4) is 0 Å². The molecule has 1 rings (SSSR count). The molecule has 3 heteroatoms. The highest BCUT2D eigenvalue weighted by Crippen LogP contribution is 2.26. The van der Waals surface area contributed by atoms with Gasteiger partial charge in [0.1, 0.15) is 0 Å². The van der Waals surface area contributed by atoms with Crippen LogP contribution in [0.15, 0.2) is 18.2 Å². The van der Waals surface area contributed by atoms with Crippen LogP contribution in [-0.4, -0.2) is 4.83 Å². The van der Waals surface area contributed by atoms with Gasteiger partial charge in [-0.2, -0.15) is 0 Å². The van der Waals surface area contributed by atoms with Crippen LogP contribution < -0.4 is 0 Å². The Morgan fingerprint density at radius 2 is 1.86 bits per heavy atom. The summed E-state index contributed by atoms with van der Waals surface area (Å²) in [5.74, 6) is 0. The maximum absolute atomic E-state index is 6.06. The minimum atomic E-state index is 0.551. The van der Waals surface area contributed by atoms with Crippen molar-refractivity contribution in [2.45, 2.75) is 31.0 Å². The van der Waals surface area contributed by atoms with E-state index >= 15 is 0 Å². The first-order valence-corrected chi connectivity index (χ1v) is 6.39. The van der Waals surface area contributed by atoms with E-state index in [1.807, 2.05) is 18.2 Å². The molecule has 1 atom stereocenters. The van der Waals surface area contributed by atoms with Gasteiger partial charge in [-0.3, -0.25) is 0 Å². The van der Waals surface area contributed by atoms with E-state index in [1.54, 1.807) is 0 Å². The van der Waals surface area contributed by atoms with Crippen LogP contribution in [0.1, 0.15) is 25.3 Å². The molecule has 14 heavy (non-hydrogen) atoms. The Morgan fingerprint density at radius 1 is 1.29 bits per heavy atom. The van der Waals surface area contributed by atoms with Gasteiger partial charge < -0.3 is 0 Å². The lowest BCUT2D eigenvalue weighted by Gasteiger charge is -2.09. The Morgan fingerprint density at radius 3 is 2.36 bits per heavy atom. The highest BCUT2D eigenvalue weighted by atomic mass is 79.9. The van der Waals surface area contributed by atoms with Gasteiger partial charge in [-0.25, -0.2) is 0 Å². The third-order valence-electron chi connectivity index (χ3n) is 2.21. The molecule has 1 unspecified atom stereocenters. The second kappa shape index (κ2) is 5.99. The zero-order chi connectivity index (χ0) is 10.6. The van der Waals surface area contributed by atoms with Gasteiger partial charge in [0.05, 0.1) is 0 Å². The first kappa shape index (κ1) is 12.4. The van der Waals surface area contributed by atoms with E-state index in [9.17, 15) is 0 Å². The Hall–Kier alpha value is 0.280. The maximum atomic E-state index is 6.06. The lowest BCUT2D eigenvalue weighted by molar-refractivity contribution is 0.747. The number of rotatable bonds is 4. The van der Waals surface area contributed by atoms with E-state index in [0.717, 1.165) is 34.9 Å². The topological polar surface area (TPSA) is 0 Å². The molecule has 0 nitrogen and oxygen atoms in total. The second-order valence-corrected chi connectivity index (χ2v) is 5.35. The molecule has 0 bridgehead atoms. The average Bonchev–Trinajstić information content (AvgIpc) is 2.16. The van der Waals surface area contributed by atoms with Crippen molar-refractivity contribution in [3.05, 3.63) is 33.8 Å². The van der Waals surface area contributed by atoms with Crippen LogP contribution in [0.4, 0.5) is 0 Å². The smallest absolute Gasteiger partial charge is 0.0452 e. The molecule has 0 saturated heterocycles. The van der Waals surface area contributed by atoms with Gasteiger partial charge >= 0.3 is 0 Å². The van der Waals surface area contributed by atoms with Crippen LogP contribution in [0, 0.1) is 0 Å². The van der Waals surface area contributed by atoms with E-state index in [4.69, 9.17) is 23.2 Å². The van der Waals surface area contributed by atoms with Crippen molar-refractivity contribution in [2.24, 2.45) is 0 Å². The fourth-order valence-electron chi connectivity index (χ4n) is 1.28. The number of alkyl halides is 1. The van der Waals surface area contributed by atoms with E-state index in [0.29, 0.717) is 4.83 Å². The number of hydrogen-bond donors (Lipinski definition) is 0. The highest BCUT2D eigenvalue weighted by molar-refractivity contribution is 9.09. The molecule has 0 N–H and O–H groups in total. The predicted molar refractivity (Wildman–Crippen MR) is 67.8 cm³/mol. The van der Waals surface area contributed by atoms with Crippen LogP contribution in [0.5, 0.6) is 0 Å². The molecule has 0 amide bonds. The lowest BCUT2D eigenvalue weighted by Crippen LogP contribution is -1.98. The zero-order valence-corrected chi connectivity index (χ0v) is 11.2. The zero-order valence-electron chi connectivity index (χ0n) is 8.06. The highest BCUT2D eigenvalue weighted by Gasteiger charge is 2.07. The van der Waals surface area contributed by atoms with Crippen molar-refractivity contribution >= 4 is 39.1 Å². The van der Waals surface area contributed by atoms with E-state index in [2.05, 4.69) is 22.9 Å². The molecule has 0 fully saturated rings. The van der Waals surface area contributed by atoms with E-state index in [1.165, 1.54) is 0 Å². The molecular formula is C11H13BrCl2. The monoisotopic (exact) mass is 294 g/mol. The molecule has 0 spiro atoms. The number of benzene rings is 1. The van der Waals surface area contributed by atoms with Gasteiger partial charge in [0, 0.05) is 14.9 Å². The van der Waals surface area contributed by atoms with Gasteiger partial charge in [-0.1, -0.05) is 52.1 Å². The summed E-state index contributed by atoms with van der Waals surface area (Å²) in [5, 5.41) is 1.54. The number of hydrogen-bond acceptors (Lipinski definition) is 0. The molecule has 0 radical (unpaired) electrons. The van der Waals surface area contributed by atoms with Gasteiger partial charge in [-0.15, -0.1) is 0 Å². The summed E-state index contributed by atoms with van der Waals surface area (Å²) in [5.41, 5.74) is 1.06. The first-order valence-electron chi connectivity index (χ1n) is 4.72. The van der Waals surface area contributed by atoms with E-state index in [-0.39, 0.29) is 0 Å². The van der Waals surface area contributed by atoms with Gasteiger partial charge in [-0.05, 0) is 37.0 Å². The summed E-state index contributed by atoms with van der Waals surface area (Å²) in [6, 6.07) is 5.65. The van der Waals surface area contributed by atoms with Crippen molar-refractivity contribution in [1.29, 1.82) is 0 Å². The summed E-state index contributed by atoms with van der Waals surface area (Å²) >= 11 is 15.7. The van der Waals surface area contributed by atoms with Crippen LogP contribution in [-0.2, 0) is 6.42 Å². The quantitative estimate of drug-likeness (QED) is 0.678. The average molecular weight is 296 g/mol. The fourth-order valence-corrected chi connectivity index (χ4v) is 2.09. The third kappa shape index (κ3) is 3.45. The third-order valence-corrected chi connectivity index (χ3v) is 4.03. The molecule has 1 aromatic rings. The van der Waals surface area contributed by atoms with Crippen LogP contribution in [0.3, 0.4) is 0 Å². The molecule has 0 aromatic heterocycles. The van der Waals surface area contributed by atoms with Gasteiger partial charge in [0.2, 0.25) is 0 Å². The van der Waals surface area contributed by atoms with Crippen LogP contribution in [0.25, 0.3) is 0 Å². The molecule has 0 aliphatic heterocycles. The Bertz CT molecular complexity index is 279. The van der Waals surface area contributed by atoms with Crippen LogP contribution >= 0.6 is 39.1 Å². The van der Waals surface area contributed by atoms with Gasteiger partial charge in [0.25, 0.3) is 0 Å². The molecule has 78 valence electrons. The molecule has 0 aliphatic rings. The summed E-state index contributed by atoms with van der Waals surface area (Å²) in [7, 11) is 0. The molecule has 0 aliphatic carbocycles. The maximum Gasteiger partial charge on any atom is 0.0452 e. The minimum absolute atomic E-state index is 0.551. The lowest BCUT2D eigenvalue weighted by atomic mass is 10.1. The molecule has 0 saturated carbocycles. The standard InChI is InChI=1S/C11H13BrCl2/c1-2-8(12)6-7-9-10(13)4-3-5-11(9)14/h3-5,8H,2,6-7H2,1H3. The number of halogens is 3. The summed E-state index contributed by atoms with van der Waals surface area (Å²) < 4.78 is 0. The largest absolute Gasteiger partial charge is 0.0891 e. The summed E-state index contributed by atoms with van der Waals surface area (Å²) in [6.07, 6.45) is 3.13. The Kier molecular flexibility index (Phi) is 5.29. The SMILES string of the molecule is CCC(Br)CCc1c(Cl)cccc1Cl. The Labute approximate surface area is 104 Å². The second-order valence-electron chi connectivity index (χ2n) is 3.24. The first-order chi connectivity index (χ1) is 6.65. The van der Waals surface area contributed by atoms with Crippen molar-refractivity contribution in [3.63, 3.8) is 0 Å². The summed E-state index contributed by atoms with van der Waals surface area (Å²) in [4.78, 5) is 0.551. The van der Waals surface area contributed by atoms with Crippen molar-refractivity contribution in [2.75, 3.05) is 0 Å². The summed E-state index contributed by atoms with van der Waals surface area (Å²) in [6.45, 7) is 2.16. The molecule has 0 heterocycles. The normalized spacial score (nSPS) is 12.9. The predicted octanol–water partition coefficient (Wildman–Crippen LogP) is 5.10. The minimum Gasteiger partial charge on any atom is -0.0891 e. The van der Waals surface area contributed by atoms with Gasteiger partial charge in [0.15, 0.2) is 0 Å². The van der Waals surface area contributed by atoms with Crippen molar-refractivity contribution < 1.29 is 0 Å². The van der Waals surface area contributed by atoms with Crippen LogP contribution in [0.2, 0.25) is 10.0 Å². The van der Waals surface area contributed by atoms with Crippen molar-refractivity contribution in [1.82, 2.24) is 0 Å². The Balaban J connectivity index is 2.66.